The van der Waals surface area contributed by atoms with E-state index in [9.17, 15) is 0 Å². The van der Waals surface area contributed by atoms with Crippen molar-refractivity contribution in [3.63, 3.8) is 0 Å². The lowest BCUT2D eigenvalue weighted by molar-refractivity contribution is 0.511. The van der Waals surface area contributed by atoms with Crippen LogP contribution in [-0.4, -0.2) is 17.2 Å². The Hall–Kier alpha value is -1.12. The number of hydrogen-bond donors (Lipinski definition) is 0. The van der Waals surface area contributed by atoms with Gasteiger partial charge in [-0.05, 0) is 6.92 Å². The van der Waals surface area contributed by atoms with Crippen LogP contribution >= 0.6 is 0 Å². The lowest BCUT2D eigenvalue weighted by Crippen LogP contribution is -2.10. The van der Waals surface area contributed by atoms with Gasteiger partial charge in [0.2, 0.25) is 0 Å². The van der Waals surface area contributed by atoms with Crippen LogP contribution in [0.4, 0.5) is 0 Å². The van der Waals surface area contributed by atoms with Crippen molar-refractivity contribution in [1.82, 2.24) is 4.98 Å². The standard InChI is InChI=1S/C8H10N2O/c1-5-3-7-8(4-9-5)11-6(2)10-7/h4-5H,3H2,1-2H3. The smallest absolute Gasteiger partial charge is 0.192 e. The average molecular weight is 150 g/mol. The first-order valence-corrected chi connectivity index (χ1v) is 3.75. The van der Waals surface area contributed by atoms with E-state index in [0.717, 1.165) is 23.8 Å². The van der Waals surface area contributed by atoms with Gasteiger partial charge < -0.3 is 4.42 Å². The van der Waals surface area contributed by atoms with E-state index in [0.29, 0.717) is 6.04 Å². The van der Waals surface area contributed by atoms with E-state index in [1.165, 1.54) is 0 Å². The van der Waals surface area contributed by atoms with E-state index < -0.39 is 0 Å². The molecule has 0 bridgehead atoms. The minimum atomic E-state index is 0.354. The van der Waals surface area contributed by atoms with Gasteiger partial charge in [0.1, 0.15) is 0 Å². The molecule has 58 valence electrons. The molecule has 1 aromatic rings. The summed E-state index contributed by atoms with van der Waals surface area (Å²) in [6.45, 7) is 3.93. The maximum absolute atomic E-state index is 5.29. The van der Waals surface area contributed by atoms with Crippen molar-refractivity contribution >= 4 is 6.21 Å². The minimum absolute atomic E-state index is 0.354. The molecule has 2 heterocycles. The molecule has 1 atom stereocenters. The van der Waals surface area contributed by atoms with Gasteiger partial charge >= 0.3 is 0 Å². The van der Waals surface area contributed by atoms with Crippen LogP contribution in [0.1, 0.15) is 24.3 Å². The maximum Gasteiger partial charge on any atom is 0.192 e. The number of hydrogen-bond acceptors (Lipinski definition) is 3. The van der Waals surface area contributed by atoms with Gasteiger partial charge in [-0.15, -0.1) is 0 Å². The second kappa shape index (κ2) is 2.19. The fourth-order valence-electron chi connectivity index (χ4n) is 1.26. The van der Waals surface area contributed by atoms with Crippen molar-refractivity contribution in [2.24, 2.45) is 4.99 Å². The molecule has 0 aliphatic carbocycles. The zero-order valence-electron chi connectivity index (χ0n) is 6.66. The van der Waals surface area contributed by atoms with Crippen LogP contribution in [0.25, 0.3) is 0 Å². The number of nitrogens with zero attached hydrogens (tertiary/aromatic N) is 2. The number of aliphatic imine (C=N–C) groups is 1. The highest BCUT2D eigenvalue weighted by atomic mass is 16.4. The van der Waals surface area contributed by atoms with Gasteiger partial charge in [0, 0.05) is 13.3 Å². The molecule has 1 aliphatic rings. The second-order valence-corrected chi connectivity index (χ2v) is 2.88. The Labute approximate surface area is 65.2 Å². The summed E-state index contributed by atoms with van der Waals surface area (Å²) in [6.07, 6.45) is 2.67. The zero-order valence-corrected chi connectivity index (χ0v) is 6.66. The van der Waals surface area contributed by atoms with Crippen molar-refractivity contribution in [3.05, 3.63) is 17.3 Å². The summed E-state index contributed by atoms with van der Waals surface area (Å²) in [4.78, 5) is 8.47. The number of aryl methyl sites for hydroxylation is 1. The molecular formula is C8H10N2O. The van der Waals surface area contributed by atoms with E-state index in [4.69, 9.17) is 4.42 Å². The van der Waals surface area contributed by atoms with E-state index in [-0.39, 0.29) is 0 Å². The monoisotopic (exact) mass is 150 g/mol. The van der Waals surface area contributed by atoms with Crippen LogP contribution in [0, 0.1) is 6.92 Å². The summed E-state index contributed by atoms with van der Waals surface area (Å²) >= 11 is 0. The quantitative estimate of drug-likeness (QED) is 0.559. The van der Waals surface area contributed by atoms with Gasteiger partial charge in [-0.25, -0.2) is 4.98 Å². The van der Waals surface area contributed by atoms with E-state index in [2.05, 4.69) is 16.9 Å². The van der Waals surface area contributed by atoms with Gasteiger partial charge in [0.25, 0.3) is 0 Å². The Kier molecular flexibility index (Phi) is 1.31. The predicted molar refractivity (Wildman–Crippen MR) is 42.0 cm³/mol. The first kappa shape index (κ1) is 6.58. The highest BCUT2D eigenvalue weighted by molar-refractivity contribution is 5.78. The molecular weight excluding hydrogens is 140 g/mol. The van der Waals surface area contributed by atoms with E-state index in [1.807, 2.05) is 6.92 Å². The van der Waals surface area contributed by atoms with Crippen LogP contribution in [0.15, 0.2) is 9.41 Å². The molecule has 3 heteroatoms. The highest BCUT2D eigenvalue weighted by Crippen LogP contribution is 2.15. The van der Waals surface area contributed by atoms with Crippen molar-refractivity contribution in [2.45, 2.75) is 26.3 Å². The summed E-state index contributed by atoms with van der Waals surface area (Å²) < 4.78 is 5.29. The molecule has 0 aromatic carbocycles. The number of aromatic nitrogens is 1. The average Bonchev–Trinajstić information content (AvgIpc) is 2.27. The SMILES string of the molecule is Cc1nc2c(o1)C=NC(C)C2. The number of oxazole rings is 1. The Bertz CT molecular complexity index is 301. The molecule has 0 saturated heterocycles. The van der Waals surface area contributed by atoms with Crippen LogP contribution in [0.5, 0.6) is 0 Å². The molecule has 0 spiro atoms. The number of fused-ring (bicyclic) bond motifs is 1. The summed E-state index contributed by atoms with van der Waals surface area (Å²) in [5.41, 5.74) is 1.05. The first-order valence-electron chi connectivity index (χ1n) is 3.75. The molecule has 0 saturated carbocycles. The molecule has 11 heavy (non-hydrogen) atoms. The number of rotatable bonds is 0. The minimum Gasteiger partial charge on any atom is -0.440 e. The fraction of sp³-hybridized carbons (Fsp3) is 0.500. The molecule has 0 fully saturated rings. The molecule has 2 rings (SSSR count). The van der Waals surface area contributed by atoms with Crippen molar-refractivity contribution in [3.8, 4) is 0 Å². The molecule has 3 nitrogen and oxygen atoms in total. The van der Waals surface area contributed by atoms with Crippen molar-refractivity contribution in [1.29, 1.82) is 0 Å². The maximum atomic E-state index is 5.29. The third kappa shape index (κ3) is 1.06. The largest absolute Gasteiger partial charge is 0.440 e. The van der Waals surface area contributed by atoms with E-state index in [1.54, 1.807) is 6.21 Å². The molecule has 1 aliphatic heterocycles. The zero-order chi connectivity index (χ0) is 7.84. The third-order valence-electron chi connectivity index (χ3n) is 1.77. The normalized spacial score (nSPS) is 21.8. The molecule has 0 amide bonds. The van der Waals surface area contributed by atoms with Gasteiger partial charge in [-0.2, -0.15) is 0 Å². The van der Waals surface area contributed by atoms with Gasteiger partial charge in [-0.3, -0.25) is 4.99 Å². The van der Waals surface area contributed by atoms with Crippen LogP contribution in [-0.2, 0) is 6.42 Å². The first-order chi connectivity index (χ1) is 5.25. The highest BCUT2D eigenvalue weighted by Gasteiger charge is 2.15. The third-order valence-corrected chi connectivity index (χ3v) is 1.77. The molecule has 0 N–H and O–H groups in total. The topological polar surface area (TPSA) is 38.4 Å². The Morgan fingerprint density at radius 3 is 3.27 bits per heavy atom. The lowest BCUT2D eigenvalue weighted by atomic mass is 10.1. The van der Waals surface area contributed by atoms with Gasteiger partial charge in [0.05, 0.1) is 18.0 Å². The predicted octanol–water partition coefficient (Wildman–Crippen LogP) is 1.35. The Balaban J connectivity index is 2.44. The van der Waals surface area contributed by atoms with Gasteiger partial charge in [0.15, 0.2) is 11.7 Å². The summed E-state index contributed by atoms with van der Waals surface area (Å²) in [5, 5.41) is 0. The van der Waals surface area contributed by atoms with Crippen LogP contribution < -0.4 is 0 Å². The fourth-order valence-corrected chi connectivity index (χ4v) is 1.26. The Morgan fingerprint density at radius 1 is 1.64 bits per heavy atom. The van der Waals surface area contributed by atoms with Crippen molar-refractivity contribution < 1.29 is 4.42 Å². The molecule has 0 radical (unpaired) electrons. The Morgan fingerprint density at radius 2 is 2.45 bits per heavy atom. The summed E-state index contributed by atoms with van der Waals surface area (Å²) in [7, 11) is 0. The van der Waals surface area contributed by atoms with Gasteiger partial charge in [-0.1, -0.05) is 0 Å². The van der Waals surface area contributed by atoms with Crippen LogP contribution in [0.3, 0.4) is 0 Å². The summed E-state index contributed by atoms with van der Waals surface area (Å²) in [5.74, 6) is 1.57. The molecule has 1 aromatic heterocycles. The second-order valence-electron chi connectivity index (χ2n) is 2.88. The van der Waals surface area contributed by atoms with Crippen molar-refractivity contribution in [2.75, 3.05) is 0 Å². The summed E-state index contributed by atoms with van der Waals surface area (Å²) in [6, 6.07) is 0.354. The van der Waals surface area contributed by atoms with E-state index >= 15 is 0 Å². The lowest BCUT2D eigenvalue weighted by Gasteiger charge is -2.07. The van der Waals surface area contributed by atoms with Crippen LogP contribution in [0.2, 0.25) is 0 Å². The molecule has 1 unspecified atom stereocenters.